The van der Waals surface area contributed by atoms with Gasteiger partial charge in [0.25, 0.3) is 11.8 Å². The zero-order chi connectivity index (χ0) is 22.1. The first-order valence-electron chi connectivity index (χ1n) is 8.91. The molecule has 0 saturated heterocycles. The van der Waals surface area contributed by atoms with Crippen molar-refractivity contribution in [2.45, 2.75) is 12.5 Å². The summed E-state index contributed by atoms with van der Waals surface area (Å²) in [6, 6.07) is 9.95. The summed E-state index contributed by atoms with van der Waals surface area (Å²) in [5.41, 5.74) is 0.662. The highest BCUT2D eigenvalue weighted by Gasteiger charge is 2.43. The molecule has 8 nitrogen and oxygen atoms in total. The number of para-hydroxylation sites is 2. The summed E-state index contributed by atoms with van der Waals surface area (Å²) >= 11 is 3.26. The first-order chi connectivity index (χ1) is 14.1. The molecule has 0 aliphatic carbocycles. The molecule has 2 aromatic rings. The quantitative estimate of drug-likeness (QED) is 0.592. The van der Waals surface area contributed by atoms with E-state index in [1.165, 1.54) is 19.2 Å². The molecule has 1 aliphatic heterocycles. The largest absolute Gasteiger partial charge is 0.495 e. The number of sulfone groups is 1. The second-order valence-electron chi connectivity index (χ2n) is 6.79. The lowest BCUT2D eigenvalue weighted by Crippen LogP contribution is -2.48. The summed E-state index contributed by atoms with van der Waals surface area (Å²) < 4.78 is 29.2. The Morgan fingerprint density at radius 3 is 2.47 bits per heavy atom. The number of nitrogens with zero attached hydrogens (tertiary/aromatic N) is 1. The lowest BCUT2D eigenvalue weighted by molar-refractivity contribution is -0.120. The third-order valence-corrected chi connectivity index (χ3v) is 6.09. The molecule has 3 rings (SSSR count). The van der Waals surface area contributed by atoms with E-state index in [0.29, 0.717) is 15.9 Å². The van der Waals surface area contributed by atoms with Gasteiger partial charge >= 0.3 is 0 Å². The summed E-state index contributed by atoms with van der Waals surface area (Å²) in [4.78, 5) is 39.7. The van der Waals surface area contributed by atoms with E-state index in [4.69, 9.17) is 4.74 Å². The lowest BCUT2D eigenvalue weighted by Gasteiger charge is -2.25. The second kappa shape index (κ2) is 8.57. The molecule has 0 aromatic heterocycles. The highest BCUT2D eigenvalue weighted by Crippen LogP contribution is 2.30. The van der Waals surface area contributed by atoms with E-state index in [1.54, 1.807) is 30.3 Å². The number of nitrogens with one attached hydrogen (secondary N) is 1. The number of methoxy groups -OCH3 is 1. The summed E-state index contributed by atoms with van der Waals surface area (Å²) in [5.74, 6) is -1.95. The van der Waals surface area contributed by atoms with Gasteiger partial charge in [-0.2, -0.15) is 0 Å². The van der Waals surface area contributed by atoms with E-state index < -0.39 is 33.6 Å². The zero-order valence-corrected chi connectivity index (χ0v) is 18.6. The van der Waals surface area contributed by atoms with Crippen molar-refractivity contribution in [3.05, 3.63) is 58.1 Å². The van der Waals surface area contributed by atoms with Crippen LogP contribution in [0.15, 0.2) is 46.9 Å². The Hall–Kier alpha value is -2.72. The predicted octanol–water partition coefficient (Wildman–Crippen LogP) is 2.50. The van der Waals surface area contributed by atoms with E-state index in [0.717, 1.165) is 11.2 Å². The molecule has 0 spiro atoms. The minimum Gasteiger partial charge on any atom is -0.495 e. The maximum atomic E-state index is 13.1. The van der Waals surface area contributed by atoms with Crippen molar-refractivity contribution in [1.29, 1.82) is 0 Å². The smallest absolute Gasteiger partial charge is 0.262 e. The molecule has 0 radical (unpaired) electrons. The zero-order valence-electron chi connectivity index (χ0n) is 16.2. The van der Waals surface area contributed by atoms with Crippen LogP contribution in [0.25, 0.3) is 0 Å². The standard InChI is InChI=1S/C20H19BrN2O6S/c1-29-17-6-4-3-5-15(17)22-18(24)16(9-10-30(2,27)28)23-19(25)13-8-7-12(21)11-14(13)20(23)26/h3-8,11,16H,9-10H2,1-2H3,(H,22,24). The van der Waals surface area contributed by atoms with Crippen molar-refractivity contribution in [3.8, 4) is 5.75 Å². The molecule has 30 heavy (non-hydrogen) atoms. The summed E-state index contributed by atoms with van der Waals surface area (Å²) in [6.07, 6.45) is 0.800. The number of fused-ring (bicyclic) bond motifs is 1. The van der Waals surface area contributed by atoms with Gasteiger partial charge in [0, 0.05) is 10.7 Å². The van der Waals surface area contributed by atoms with Crippen molar-refractivity contribution in [2.24, 2.45) is 0 Å². The van der Waals surface area contributed by atoms with Crippen molar-refractivity contribution < 1.29 is 27.5 Å². The molecule has 158 valence electrons. The molecule has 1 unspecified atom stereocenters. The van der Waals surface area contributed by atoms with E-state index >= 15 is 0 Å². The summed E-state index contributed by atoms with van der Waals surface area (Å²) in [7, 11) is -2.00. The monoisotopic (exact) mass is 494 g/mol. The molecule has 10 heteroatoms. The average Bonchev–Trinajstić information content (AvgIpc) is 2.92. The number of hydrogen-bond donors (Lipinski definition) is 1. The number of imide groups is 1. The van der Waals surface area contributed by atoms with Crippen LogP contribution in [-0.2, 0) is 14.6 Å². The third-order valence-electron chi connectivity index (χ3n) is 4.62. The van der Waals surface area contributed by atoms with Gasteiger partial charge in [-0.1, -0.05) is 28.1 Å². The molecule has 1 aliphatic rings. The number of carbonyl (C=O) groups is 3. The average molecular weight is 495 g/mol. The molecule has 1 N–H and O–H groups in total. The second-order valence-corrected chi connectivity index (χ2v) is 9.97. The van der Waals surface area contributed by atoms with Crippen LogP contribution in [0, 0.1) is 0 Å². The molecule has 2 aromatic carbocycles. The van der Waals surface area contributed by atoms with Gasteiger partial charge < -0.3 is 10.1 Å². The Morgan fingerprint density at radius 1 is 1.13 bits per heavy atom. The lowest BCUT2D eigenvalue weighted by atomic mass is 10.1. The highest BCUT2D eigenvalue weighted by molar-refractivity contribution is 9.10. The van der Waals surface area contributed by atoms with Crippen molar-refractivity contribution >= 4 is 49.2 Å². The van der Waals surface area contributed by atoms with Crippen LogP contribution in [0.4, 0.5) is 5.69 Å². The van der Waals surface area contributed by atoms with Gasteiger partial charge in [0.05, 0.1) is 29.7 Å². The highest BCUT2D eigenvalue weighted by atomic mass is 79.9. The minimum atomic E-state index is -3.44. The van der Waals surface area contributed by atoms with Gasteiger partial charge in [0.2, 0.25) is 5.91 Å². The maximum absolute atomic E-state index is 13.1. The topological polar surface area (TPSA) is 110 Å². The molecular formula is C20H19BrN2O6S. The van der Waals surface area contributed by atoms with Gasteiger partial charge in [-0.05, 0) is 36.8 Å². The first kappa shape index (κ1) is 22.0. The fourth-order valence-corrected chi connectivity index (χ4v) is 4.19. The Morgan fingerprint density at radius 2 is 1.80 bits per heavy atom. The molecule has 0 saturated carbocycles. The van der Waals surface area contributed by atoms with Gasteiger partial charge in [-0.25, -0.2) is 8.42 Å². The molecule has 3 amide bonds. The van der Waals surface area contributed by atoms with Crippen LogP contribution in [0.1, 0.15) is 27.1 Å². The Balaban J connectivity index is 1.96. The van der Waals surface area contributed by atoms with Crippen LogP contribution in [0.5, 0.6) is 5.75 Å². The van der Waals surface area contributed by atoms with Crippen LogP contribution >= 0.6 is 15.9 Å². The van der Waals surface area contributed by atoms with Crippen molar-refractivity contribution in [3.63, 3.8) is 0 Å². The Bertz CT molecular complexity index is 1130. The third kappa shape index (κ3) is 4.54. The molecular weight excluding hydrogens is 476 g/mol. The van der Waals surface area contributed by atoms with E-state index in [-0.39, 0.29) is 23.3 Å². The molecule has 1 atom stereocenters. The fourth-order valence-electron chi connectivity index (χ4n) is 3.18. The SMILES string of the molecule is COc1ccccc1NC(=O)C(CCS(C)(=O)=O)N1C(=O)c2ccc(Br)cc2C1=O. The van der Waals surface area contributed by atoms with Gasteiger partial charge in [-0.3, -0.25) is 19.3 Å². The Kier molecular flexibility index (Phi) is 6.27. The van der Waals surface area contributed by atoms with E-state index in [1.807, 2.05) is 0 Å². The number of benzene rings is 2. The van der Waals surface area contributed by atoms with Crippen LogP contribution < -0.4 is 10.1 Å². The summed E-state index contributed by atoms with van der Waals surface area (Å²) in [6.45, 7) is 0. The van der Waals surface area contributed by atoms with Crippen LogP contribution in [0.2, 0.25) is 0 Å². The van der Waals surface area contributed by atoms with Gasteiger partial charge in [0.15, 0.2) is 0 Å². The van der Waals surface area contributed by atoms with Crippen LogP contribution in [0.3, 0.4) is 0 Å². The number of halogens is 1. The first-order valence-corrected chi connectivity index (χ1v) is 11.8. The maximum Gasteiger partial charge on any atom is 0.262 e. The van der Waals surface area contributed by atoms with Crippen molar-refractivity contribution in [1.82, 2.24) is 4.90 Å². The van der Waals surface area contributed by atoms with Crippen LogP contribution in [-0.4, -0.2) is 56.2 Å². The number of ether oxygens (including phenoxy) is 1. The molecule has 0 fully saturated rings. The molecule has 1 heterocycles. The number of amides is 3. The summed E-state index contributed by atoms with van der Waals surface area (Å²) in [5, 5.41) is 2.64. The fraction of sp³-hybridized carbons (Fsp3) is 0.250. The normalized spacial score (nSPS) is 14.4. The predicted molar refractivity (Wildman–Crippen MR) is 114 cm³/mol. The van der Waals surface area contributed by atoms with Crippen molar-refractivity contribution in [2.75, 3.05) is 24.4 Å². The minimum absolute atomic E-state index is 0.156. The number of anilines is 1. The van der Waals surface area contributed by atoms with E-state index in [9.17, 15) is 22.8 Å². The number of hydrogen-bond acceptors (Lipinski definition) is 6. The molecule has 0 bridgehead atoms. The number of rotatable bonds is 7. The Labute approximate surface area is 182 Å². The van der Waals surface area contributed by atoms with E-state index in [2.05, 4.69) is 21.2 Å². The van der Waals surface area contributed by atoms with Gasteiger partial charge in [0.1, 0.15) is 21.6 Å². The van der Waals surface area contributed by atoms with Gasteiger partial charge in [-0.15, -0.1) is 0 Å². The number of carbonyl (C=O) groups excluding carboxylic acids is 3.